The molecule has 0 saturated carbocycles. The molecule has 1 aromatic rings. The van der Waals surface area contributed by atoms with Crippen LogP contribution in [0.3, 0.4) is 0 Å². The van der Waals surface area contributed by atoms with Crippen molar-refractivity contribution in [3.8, 4) is 0 Å². The van der Waals surface area contributed by atoms with Crippen molar-refractivity contribution in [3.05, 3.63) is 34.3 Å². The summed E-state index contributed by atoms with van der Waals surface area (Å²) < 4.78 is 0. The van der Waals surface area contributed by atoms with Crippen LogP contribution in [-0.2, 0) is 0 Å². The van der Waals surface area contributed by atoms with Gasteiger partial charge in [0.15, 0.2) is 0 Å². The summed E-state index contributed by atoms with van der Waals surface area (Å²) >= 11 is 11.9. The van der Waals surface area contributed by atoms with Gasteiger partial charge in [-0.15, -0.1) is 11.6 Å². The van der Waals surface area contributed by atoms with Crippen molar-refractivity contribution < 1.29 is 4.79 Å². The van der Waals surface area contributed by atoms with Gasteiger partial charge in [-0.05, 0) is 31.4 Å². The van der Waals surface area contributed by atoms with Crippen LogP contribution in [0.25, 0.3) is 0 Å². The van der Waals surface area contributed by atoms with Crippen molar-refractivity contribution in [2.75, 3.05) is 5.88 Å². The molecule has 94 valence electrons. The SMILES string of the molecule is Cc1cccc(C(=O)NC(C)C(C)CCl)c1Cl. The van der Waals surface area contributed by atoms with Gasteiger partial charge in [-0.1, -0.05) is 30.7 Å². The number of amides is 1. The molecule has 2 nitrogen and oxygen atoms in total. The minimum Gasteiger partial charge on any atom is -0.349 e. The number of alkyl halides is 1. The summed E-state index contributed by atoms with van der Waals surface area (Å²) in [7, 11) is 0. The first kappa shape index (κ1) is 14.3. The molecule has 2 unspecified atom stereocenters. The van der Waals surface area contributed by atoms with E-state index in [1.807, 2.05) is 32.9 Å². The quantitative estimate of drug-likeness (QED) is 0.834. The van der Waals surface area contributed by atoms with E-state index < -0.39 is 0 Å². The second kappa shape index (κ2) is 6.27. The molecule has 2 atom stereocenters. The van der Waals surface area contributed by atoms with E-state index in [1.54, 1.807) is 6.07 Å². The van der Waals surface area contributed by atoms with E-state index in [-0.39, 0.29) is 17.9 Å². The zero-order valence-electron chi connectivity index (χ0n) is 10.3. The fraction of sp³-hybridized carbons (Fsp3) is 0.462. The lowest BCUT2D eigenvalue weighted by Crippen LogP contribution is -2.37. The highest BCUT2D eigenvalue weighted by Gasteiger charge is 2.17. The van der Waals surface area contributed by atoms with Gasteiger partial charge in [0.05, 0.1) is 10.6 Å². The summed E-state index contributed by atoms with van der Waals surface area (Å²) in [6, 6.07) is 5.45. The Morgan fingerprint density at radius 3 is 2.65 bits per heavy atom. The molecule has 0 fully saturated rings. The molecule has 0 aliphatic heterocycles. The molecular formula is C13H17Cl2NO. The van der Waals surface area contributed by atoms with Crippen LogP contribution < -0.4 is 5.32 Å². The van der Waals surface area contributed by atoms with E-state index in [1.165, 1.54) is 0 Å². The number of nitrogens with one attached hydrogen (secondary N) is 1. The highest BCUT2D eigenvalue weighted by atomic mass is 35.5. The third-order valence-electron chi connectivity index (χ3n) is 2.89. The molecule has 0 aliphatic carbocycles. The summed E-state index contributed by atoms with van der Waals surface area (Å²) in [5.74, 6) is 0.593. The van der Waals surface area contributed by atoms with E-state index in [2.05, 4.69) is 5.32 Å². The maximum atomic E-state index is 12.0. The Labute approximate surface area is 112 Å². The van der Waals surface area contributed by atoms with Crippen molar-refractivity contribution >= 4 is 29.1 Å². The number of aryl methyl sites for hydroxylation is 1. The standard InChI is InChI=1S/C13H17Cl2NO/c1-8-5-4-6-11(12(8)15)13(17)16-10(3)9(2)7-14/h4-6,9-10H,7H2,1-3H3,(H,16,17). The van der Waals surface area contributed by atoms with Crippen molar-refractivity contribution in [1.82, 2.24) is 5.32 Å². The van der Waals surface area contributed by atoms with E-state index in [9.17, 15) is 4.79 Å². The molecule has 1 aromatic carbocycles. The van der Waals surface area contributed by atoms with Crippen LogP contribution >= 0.6 is 23.2 Å². The minimum atomic E-state index is -0.150. The molecule has 0 bridgehead atoms. The summed E-state index contributed by atoms with van der Waals surface area (Å²) in [5, 5.41) is 3.42. The van der Waals surface area contributed by atoms with Gasteiger partial charge in [0.25, 0.3) is 5.91 Å². The zero-order valence-corrected chi connectivity index (χ0v) is 11.8. The second-order valence-corrected chi connectivity index (χ2v) is 5.02. The predicted molar refractivity (Wildman–Crippen MR) is 73.0 cm³/mol. The number of hydrogen-bond donors (Lipinski definition) is 1. The van der Waals surface area contributed by atoms with E-state index in [0.29, 0.717) is 16.5 Å². The van der Waals surface area contributed by atoms with Gasteiger partial charge in [0.1, 0.15) is 0 Å². The van der Waals surface area contributed by atoms with Gasteiger partial charge < -0.3 is 5.32 Å². The van der Waals surface area contributed by atoms with Crippen LogP contribution in [0.4, 0.5) is 0 Å². The lowest BCUT2D eigenvalue weighted by Gasteiger charge is -2.19. The Morgan fingerprint density at radius 1 is 1.41 bits per heavy atom. The number of carbonyl (C=O) groups is 1. The highest BCUT2D eigenvalue weighted by Crippen LogP contribution is 2.20. The molecular weight excluding hydrogens is 257 g/mol. The Kier molecular flexibility index (Phi) is 5.29. The average Bonchev–Trinajstić information content (AvgIpc) is 2.31. The summed E-state index contributed by atoms with van der Waals surface area (Å²) in [5.41, 5.74) is 1.41. The molecule has 0 aromatic heterocycles. The van der Waals surface area contributed by atoms with Crippen LogP contribution in [0.5, 0.6) is 0 Å². The molecule has 1 amide bonds. The monoisotopic (exact) mass is 273 g/mol. The van der Waals surface area contributed by atoms with Crippen molar-refractivity contribution in [2.45, 2.75) is 26.8 Å². The highest BCUT2D eigenvalue weighted by molar-refractivity contribution is 6.34. The van der Waals surface area contributed by atoms with E-state index in [0.717, 1.165) is 5.56 Å². The molecule has 17 heavy (non-hydrogen) atoms. The molecule has 1 rings (SSSR count). The normalized spacial score (nSPS) is 14.2. The molecule has 0 heterocycles. The fourth-order valence-corrected chi connectivity index (χ4v) is 1.86. The van der Waals surface area contributed by atoms with Gasteiger partial charge in [-0.25, -0.2) is 0 Å². The Hall–Kier alpha value is -0.730. The van der Waals surface area contributed by atoms with E-state index >= 15 is 0 Å². The molecule has 4 heteroatoms. The number of hydrogen-bond acceptors (Lipinski definition) is 1. The Balaban J connectivity index is 2.80. The molecule has 0 radical (unpaired) electrons. The summed E-state index contributed by atoms with van der Waals surface area (Å²) in [6.07, 6.45) is 0. The number of benzene rings is 1. The maximum Gasteiger partial charge on any atom is 0.253 e. The van der Waals surface area contributed by atoms with Crippen molar-refractivity contribution in [1.29, 1.82) is 0 Å². The van der Waals surface area contributed by atoms with Crippen LogP contribution in [0.15, 0.2) is 18.2 Å². The lowest BCUT2D eigenvalue weighted by molar-refractivity contribution is 0.0931. The molecule has 0 spiro atoms. The summed E-state index contributed by atoms with van der Waals surface area (Å²) in [6.45, 7) is 5.81. The van der Waals surface area contributed by atoms with Gasteiger partial charge in [-0.2, -0.15) is 0 Å². The third-order valence-corrected chi connectivity index (χ3v) is 3.88. The number of rotatable bonds is 4. The third kappa shape index (κ3) is 3.62. The topological polar surface area (TPSA) is 29.1 Å². The fourth-order valence-electron chi connectivity index (χ4n) is 1.38. The van der Waals surface area contributed by atoms with Gasteiger partial charge in [0.2, 0.25) is 0 Å². The summed E-state index contributed by atoms with van der Waals surface area (Å²) in [4.78, 5) is 12.0. The molecule has 0 aliphatic rings. The first-order chi connectivity index (χ1) is 7.97. The maximum absolute atomic E-state index is 12.0. The number of halogens is 2. The van der Waals surface area contributed by atoms with Gasteiger partial charge in [-0.3, -0.25) is 4.79 Å². The first-order valence-electron chi connectivity index (χ1n) is 5.59. The Bertz CT molecular complexity index is 406. The lowest BCUT2D eigenvalue weighted by atomic mass is 10.1. The number of carbonyl (C=O) groups excluding carboxylic acids is 1. The van der Waals surface area contributed by atoms with Crippen LogP contribution in [0.2, 0.25) is 5.02 Å². The van der Waals surface area contributed by atoms with Crippen molar-refractivity contribution in [3.63, 3.8) is 0 Å². The Morgan fingerprint density at radius 2 is 2.06 bits per heavy atom. The molecule has 0 saturated heterocycles. The van der Waals surface area contributed by atoms with Crippen LogP contribution in [0, 0.1) is 12.8 Å². The largest absolute Gasteiger partial charge is 0.349 e. The average molecular weight is 274 g/mol. The van der Waals surface area contributed by atoms with Gasteiger partial charge >= 0.3 is 0 Å². The smallest absolute Gasteiger partial charge is 0.253 e. The van der Waals surface area contributed by atoms with Crippen LogP contribution in [-0.4, -0.2) is 17.8 Å². The predicted octanol–water partition coefficient (Wildman–Crippen LogP) is 3.64. The first-order valence-corrected chi connectivity index (χ1v) is 6.50. The minimum absolute atomic E-state index is 0.0246. The van der Waals surface area contributed by atoms with Crippen molar-refractivity contribution in [2.24, 2.45) is 5.92 Å². The second-order valence-electron chi connectivity index (χ2n) is 4.33. The molecule has 1 N–H and O–H groups in total. The zero-order chi connectivity index (χ0) is 13.0. The van der Waals surface area contributed by atoms with Gasteiger partial charge in [0, 0.05) is 11.9 Å². The van der Waals surface area contributed by atoms with E-state index in [4.69, 9.17) is 23.2 Å². The van der Waals surface area contributed by atoms with Crippen LogP contribution in [0.1, 0.15) is 29.8 Å².